The SMILES string of the molecule is C[Si](C)OC(C1CC(n2c(=O)[nH]c3ccccc32)CCN1CC1CCCCCCC1)C(C)(C)C. The van der Waals surface area contributed by atoms with Gasteiger partial charge < -0.3 is 9.41 Å². The summed E-state index contributed by atoms with van der Waals surface area (Å²) in [6.07, 6.45) is 11.9. The Morgan fingerprint density at radius 2 is 1.74 bits per heavy atom. The van der Waals surface area contributed by atoms with E-state index in [2.05, 4.69) is 49.8 Å². The summed E-state index contributed by atoms with van der Waals surface area (Å²) in [4.78, 5) is 18.9. The fourth-order valence-electron chi connectivity index (χ4n) is 6.38. The number of imidazole rings is 1. The Hall–Kier alpha value is -1.37. The van der Waals surface area contributed by atoms with Gasteiger partial charge in [0.2, 0.25) is 9.04 Å². The fraction of sp³-hybridized carbons (Fsp3) is 0.750. The van der Waals surface area contributed by atoms with Crippen LogP contribution in [0.5, 0.6) is 0 Å². The Bertz CT molecular complexity index is 968. The second-order valence-corrected chi connectivity index (χ2v) is 14.1. The van der Waals surface area contributed by atoms with E-state index >= 15 is 0 Å². The second kappa shape index (κ2) is 11.1. The average Bonchev–Trinajstić information content (AvgIpc) is 3.09. The molecule has 1 aliphatic carbocycles. The van der Waals surface area contributed by atoms with Crippen LogP contribution in [0.25, 0.3) is 11.0 Å². The number of likely N-dealkylation sites (tertiary alicyclic amines) is 1. The zero-order valence-electron chi connectivity index (χ0n) is 22.1. The Kier molecular flexibility index (Phi) is 8.42. The molecule has 2 heterocycles. The molecule has 2 fully saturated rings. The third-order valence-electron chi connectivity index (χ3n) is 8.00. The normalized spacial score (nSPS) is 24.9. The van der Waals surface area contributed by atoms with E-state index in [1.807, 2.05) is 22.8 Å². The molecule has 0 amide bonds. The minimum atomic E-state index is -0.844. The van der Waals surface area contributed by atoms with E-state index in [0.717, 1.165) is 36.3 Å². The maximum absolute atomic E-state index is 13.0. The van der Waals surface area contributed by atoms with E-state index in [1.165, 1.54) is 51.5 Å². The van der Waals surface area contributed by atoms with Gasteiger partial charge in [-0.3, -0.25) is 9.47 Å². The van der Waals surface area contributed by atoms with Gasteiger partial charge in [-0.05, 0) is 62.2 Å². The molecular formula is C28H46N3O2Si. The predicted molar refractivity (Wildman–Crippen MR) is 144 cm³/mol. The van der Waals surface area contributed by atoms with Gasteiger partial charge in [0.1, 0.15) is 0 Å². The number of aromatic amines is 1. The van der Waals surface area contributed by atoms with Gasteiger partial charge in [0, 0.05) is 25.2 Å². The quantitative estimate of drug-likeness (QED) is 0.484. The number of rotatable bonds is 6. The number of para-hydroxylation sites is 2. The smallest absolute Gasteiger partial charge is 0.326 e. The molecule has 2 aliphatic rings. The van der Waals surface area contributed by atoms with Crippen LogP contribution < -0.4 is 5.69 Å². The Morgan fingerprint density at radius 3 is 2.41 bits per heavy atom. The molecular weight excluding hydrogens is 438 g/mol. The number of nitrogens with zero attached hydrogens (tertiary/aromatic N) is 2. The first-order valence-corrected chi connectivity index (χ1v) is 16.0. The van der Waals surface area contributed by atoms with E-state index in [9.17, 15) is 4.79 Å². The van der Waals surface area contributed by atoms with E-state index in [0.29, 0.717) is 6.04 Å². The van der Waals surface area contributed by atoms with Gasteiger partial charge >= 0.3 is 5.69 Å². The number of fused-ring (bicyclic) bond motifs is 1. The molecule has 1 radical (unpaired) electrons. The van der Waals surface area contributed by atoms with Crippen molar-refractivity contribution in [2.75, 3.05) is 13.1 Å². The van der Waals surface area contributed by atoms with Crippen molar-refractivity contribution in [3.8, 4) is 0 Å². The van der Waals surface area contributed by atoms with Crippen molar-refractivity contribution in [2.24, 2.45) is 11.3 Å². The lowest BCUT2D eigenvalue weighted by atomic mass is 9.79. The van der Waals surface area contributed by atoms with Crippen LogP contribution in [0.2, 0.25) is 13.1 Å². The second-order valence-electron chi connectivity index (χ2n) is 12.1. The van der Waals surface area contributed by atoms with Gasteiger partial charge in [-0.1, -0.05) is 65.0 Å². The molecule has 0 bridgehead atoms. The van der Waals surface area contributed by atoms with Crippen LogP contribution in [0.1, 0.15) is 84.6 Å². The summed E-state index contributed by atoms with van der Waals surface area (Å²) in [6.45, 7) is 13.7. The van der Waals surface area contributed by atoms with Crippen LogP contribution in [0.15, 0.2) is 29.1 Å². The minimum Gasteiger partial charge on any atom is -0.412 e. The molecule has 4 rings (SSSR count). The standard InChI is InChI=1S/C28H46N3O2Si/c1-28(2,3)26(33-34(4)5)25-19-22(31-24-16-12-11-15-23(24)29-27(31)32)17-18-30(25)20-21-13-9-7-6-8-10-14-21/h11-12,15-16,21-22,25-26H,6-10,13-14,17-20H2,1-5H3,(H,29,32). The van der Waals surface area contributed by atoms with Crippen molar-refractivity contribution < 1.29 is 4.43 Å². The topological polar surface area (TPSA) is 50.3 Å². The highest BCUT2D eigenvalue weighted by Crippen LogP contribution is 2.38. The molecule has 189 valence electrons. The highest BCUT2D eigenvalue weighted by atomic mass is 28.3. The molecule has 34 heavy (non-hydrogen) atoms. The van der Waals surface area contributed by atoms with Crippen LogP contribution in [0.3, 0.4) is 0 Å². The average molecular weight is 485 g/mol. The molecule has 3 unspecified atom stereocenters. The van der Waals surface area contributed by atoms with Crippen molar-refractivity contribution >= 4 is 20.1 Å². The van der Waals surface area contributed by atoms with Crippen LogP contribution >= 0.6 is 0 Å². The summed E-state index contributed by atoms with van der Waals surface area (Å²) < 4.78 is 8.81. The van der Waals surface area contributed by atoms with Gasteiger partial charge in [0.25, 0.3) is 0 Å². The van der Waals surface area contributed by atoms with Gasteiger partial charge in [-0.2, -0.15) is 0 Å². The Labute approximate surface area is 208 Å². The molecule has 0 spiro atoms. The number of hydrogen-bond acceptors (Lipinski definition) is 3. The zero-order chi connectivity index (χ0) is 24.3. The molecule has 1 saturated carbocycles. The molecule has 1 aromatic heterocycles. The van der Waals surface area contributed by atoms with Gasteiger partial charge in [0.05, 0.1) is 17.1 Å². The summed E-state index contributed by atoms with van der Waals surface area (Å²) >= 11 is 0. The first-order chi connectivity index (χ1) is 16.2. The molecule has 1 aliphatic heterocycles. The van der Waals surface area contributed by atoms with Gasteiger partial charge in [-0.25, -0.2) is 4.79 Å². The van der Waals surface area contributed by atoms with E-state index in [4.69, 9.17) is 4.43 Å². The van der Waals surface area contributed by atoms with Crippen molar-refractivity contribution in [3.63, 3.8) is 0 Å². The van der Waals surface area contributed by atoms with Gasteiger partial charge in [-0.15, -0.1) is 0 Å². The molecule has 3 atom stereocenters. The first-order valence-electron chi connectivity index (χ1n) is 13.6. The number of hydrogen-bond donors (Lipinski definition) is 1. The van der Waals surface area contributed by atoms with Crippen molar-refractivity contribution in [3.05, 3.63) is 34.7 Å². The minimum absolute atomic E-state index is 0.0300. The molecule has 5 nitrogen and oxygen atoms in total. The first kappa shape index (κ1) is 25.7. The van der Waals surface area contributed by atoms with Crippen LogP contribution in [0.4, 0.5) is 0 Å². The van der Waals surface area contributed by atoms with Crippen molar-refractivity contribution in [1.29, 1.82) is 0 Å². The van der Waals surface area contributed by atoms with Crippen LogP contribution in [0, 0.1) is 11.3 Å². The number of nitrogens with one attached hydrogen (secondary N) is 1. The number of benzene rings is 1. The number of piperidine rings is 1. The van der Waals surface area contributed by atoms with E-state index < -0.39 is 9.04 Å². The lowest BCUT2D eigenvalue weighted by molar-refractivity contribution is -0.0359. The molecule has 2 aromatic rings. The lowest BCUT2D eigenvalue weighted by Gasteiger charge is -2.49. The number of aromatic nitrogens is 2. The van der Waals surface area contributed by atoms with Crippen molar-refractivity contribution in [2.45, 2.75) is 110 Å². The van der Waals surface area contributed by atoms with Crippen LogP contribution in [-0.2, 0) is 4.43 Å². The highest BCUT2D eigenvalue weighted by Gasteiger charge is 2.42. The van der Waals surface area contributed by atoms with E-state index in [1.54, 1.807) is 0 Å². The maximum Gasteiger partial charge on any atom is 0.326 e. The molecule has 6 heteroatoms. The highest BCUT2D eigenvalue weighted by molar-refractivity contribution is 6.48. The Morgan fingerprint density at radius 1 is 1.06 bits per heavy atom. The molecule has 1 aromatic carbocycles. The summed E-state index contributed by atoms with van der Waals surface area (Å²) in [5.41, 5.74) is 2.06. The maximum atomic E-state index is 13.0. The predicted octanol–water partition coefficient (Wildman–Crippen LogP) is 6.38. The third-order valence-corrected chi connectivity index (χ3v) is 8.73. The summed E-state index contributed by atoms with van der Waals surface area (Å²) in [7, 11) is -0.844. The molecule has 1 N–H and O–H groups in total. The van der Waals surface area contributed by atoms with Gasteiger partial charge in [0.15, 0.2) is 0 Å². The molecule has 1 saturated heterocycles. The third kappa shape index (κ3) is 6.06. The summed E-state index contributed by atoms with van der Waals surface area (Å²) in [5.74, 6) is 0.795. The largest absolute Gasteiger partial charge is 0.412 e. The zero-order valence-corrected chi connectivity index (χ0v) is 23.1. The summed E-state index contributed by atoms with van der Waals surface area (Å²) in [5, 5.41) is 0. The fourth-order valence-corrected chi connectivity index (χ4v) is 7.40. The Balaban J connectivity index is 1.63. The summed E-state index contributed by atoms with van der Waals surface area (Å²) in [6, 6.07) is 8.68. The van der Waals surface area contributed by atoms with E-state index in [-0.39, 0.29) is 23.3 Å². The number of H-pyrrole nitrogens is 1. The van der Waals surface area contributed by atoms with Crippen LogP contribution in [-0.4, -0.2) is 48.7 Å². The lowest BCUT2D eigenvalue weighted by Crippen LogP contribution is -2.56. The monoisotopic (exact) mass is 484 g/mol. The van der Waals surface area contributed by atoms with Crippen molar-refractivity contribution in [1.82, 2.24) is 14.5 Å².